The zero-order chi connectivity index (χ0) is 8.27. The molecule has 1 heteroatoms. The molecular formula is C10H14O. The molecule has 1 nitrogen and oxygen atoms in total. The molecule has 0 saturated heterocycles. The van der Waals surface area contributed by atoms with Crippen LogP contribution in [0.2, 0.25) is 0 Å². The molecule has 0 aromatic heterocycles. The zero-order valence-electron chi connectivity index (χ0n) is 7.18. The maximum atomic E-state index is 11.0. The Balaban J connectivity index is 2.36. The molecule has 0 heterocycles. The van der Waals surface area contributed by atoms with Crippen molar-refractivity contribution in [2.45, 2.75) is 33.1 Å². The molecule has 1 aliphatic rings. The summed E-state index contributed by atoms with van der Waals surface area (Å²) in [5.41, 5.74) is 0. The molecule has 0 spiro atoms. The quantitative estimate of drug-likeness (QED) is 0.413. The van der Waals surface area contributed by atoms with Crippen LogP contribution in [0.1, 0.15) is 33.1 Å². The van der Waals surface area contributed by atoms with E-state index in [1.165, 1.54) is 19.3 Å². The van der Waals surface area contributed by atoms with Gasteiger partial charge in [-0.2, -0.15) is 0 Å². The first-order chi connectivity index (χ1) is 5.20. The van der Waals surface area contributed by atoms with Crippen LogP contribution in [0.15, 0.2) is 0 Å². The summed E-state index contributed by atoms with van der Waals surface area (Å²) in [5, 5.41) is 0. The maximum absolute atomic E-state index is 11.0. The molecular weight excluding hydrogens is 136 g/mol. The molecule has 1 aliphatic carbocycles. The van der Waals surface area contributed by atoms with Crippen molar-refractivity contribution in [2.24, 2.45) is 11.8 Å². The van der Waals surface area contributed by atoms with Gasteiger partial charge in [0.05, 0.1) is 0 Å². The van der Waals surface area contributed by atoms with Crippen molar-refractivity contribution < 1.29 is 4.79 Å². The van der Waals surface area contributed by atoms with Gasteiger partial charge in [-0.3, -0.25) is 4.79 Å². The number of carbonyl (C=O) groups is 1. The monoisotopic (exact) mass is 150 g/mol. The van der Waals surface area contributed by atoms with Crippen molar-refractivity contribution in [1.82, 2.24) is 0 Å². The molecule has 0 aromatic rings. The van der Waals surface area contributed by atoms with E-state index in [1.807, 2.05) is 13.8 Å². The molecule has 60 valence electrons. The van der Waals surface area contributed by atoms with Crippen LogP contribution >= 0.6 is 0 Å². The van der Waals surface area contributed by atoms with Crippen molar-refractivity contribution in [3.8, 4) is 11.8 Å². The van der Waals surface area contributed by atoms with Crippen molar-refractivity contribution in [1.29, 1.82) is 0 Å². The molecule has 0 radical (unpaired) electrons. The Bertz CT molecular complexity index is 201. The third kappa shape index (κ3) is 2.38. The first-order valence-electron chi connectivity index (χ1n) is 4.25. The average Bonchev–Trinajstić information content (AvgIpc) is 1.83. The molecule has 1 saturated carbocycles. The summed E-state index contributed by atoms with van der Waals surface area (Å²) in [6.45, 7) is 3.77. The van der Waals surface area contributed by atoms with Gasteiger partial charge in [-0.25, -0.2) is 0 Å². The third-order valence-electron chi connectivity index (χ3n) is 2.03. The minimum atomic E-state index is 0.0718. The van der Waals surface area contributed by atoms with E-state index in [4.69, 9.17) is 0 Å². The maximum Gasteiger partial charge on any atom is 0.207 e. The fourth-order valence-corrected chi connectivity index (χ4v) is 0.870. The molecule has 0 N–H and O–H groups in total. The fourth-order valence-electron chi connectivity index (χ4n) is 0.870. The van der Waals surface area contributed by atoms with Crippen molar-refractivity contribution in [3.63, 3.8) is 0 Å². The van der Waals surface area contributed by atoms with Crippen LogP contribution in [-0.4, -0.2) is 5.78 Å². The smallest absolute Gasteiger partial charge is 0.207 e. The number of carbonyl (C=O) groups excluding carboxylic acids is 1. The SMILES string of the molecule is CC(C)C(=O)C#CC1CCC1. The van der Waals surface area contributed by atoms with E-state index in [0.29, 0.717) is 5.92 Å². The van der Waals surface area contributed by atoms with E-state index in [9.17, 15) is 4.79 Å². The number of hydrogen-bond acceptors (Lipinski definition) is 1. The molecule has 11 heavy (non-hydrogen) atoms. The molecule has 0 amide bonds. The molecule has 1 fully saturated rings. The van der Waals surface area contributed by atoms with E-state index >= 15 is 0 Å². The molecule has 0 bridgehead atoms. The molecule has 0 aliphatic heterocycles. The van der Waals surface area contributed by atoms with Crippen LogP contribution < -0.4 is 0 Å². The summed E-state index contributed by atoms with van der Waals surface area (Å²) in [6.07, 6.45) is 3.67. The Morgan fingerprint density at radius 1 is 1.45 bits per heavy atom. The summed E-state index contributed by atoms with van der Waals surface area (Å²) in [7, 11) is 0. The molecule has 0 atom stereocenters. The lowest BCUT2D eigenvalue weighted by atomic mass is 9.86. The second-order valence-corrected chi connectivity index (χ2v) is 3.42. The molecule has 1 rings (SSSR count). The highest BCUT2D eigenvalue weighted by Crippen LogP contribution is 2.24. The highest BCUT2D eigenvalue weighted by atomic mass is 16.1. The first kappa shape index (κ1) is 8.33. The van der Waals surface area contributed by atoms with Gasteiger partial charge in [-0.1, -0.05) is 26.2 Å². The summed E-state index contributed by atoms with van der Waals surface area (Å²) in [5.74, 6) is 6.37. The zero-order valence-corrected chi connectivity index (χ0v) is 7.18. The van der Waals surface area contributed by atoms with Crippen molar-refractivity contribution >= 4 is 5.78 Å². The molecule has 0 unspecified atom stereocenters. The van der Waals surface area contributed by atoms with Gasteiger partial charge in [0.15, 0.2) is 0 Å². The Kier molecular flexibility index (Phi) is 2.70. The average molecular weight is 150 g/mol. The molecule has 0 aromatic carbocycles. The fraction of sp³-hybridized carbons (Fsp3) is 0.700. The van der Waals surface area contributed by atoms with Gasteiger partial charge in [0.25, 0.3) is 0 Å². The summed E-state index contributed by atoms with van der Waals surface area (Å²) in [6, 6.07) is 0. The Hall–Kier alpha value is -0.770. The summed E-state index contributed by atoms with van der Waals surface area (Å²) >= 11 is 0. The second-order valence-electron chi connectivity index (χ2n) is 3.42. The van der Waals surface area contributed by atoms with E-state index in [-0.39, 0.29) is 11.7 Å². The van der Waals surface area contributed by atoms with Gasteiger partial charge in [-0.05, 0) is 18.8 Å². The lowest BCUT2D eigenvalue weighted by Gasteiger charge is -2.18. The van der Waals surface area contributed by atoms with E-state index in [0.717, 1.165) is 0 Å². The minimum absolute atomic E-state index is 0.0718. The first-order valence-corrected chi connectivity index (χ1v) is 4.25. The summed E-state index contributed by atoms with van der Waals surface area (Å²) < 4.78 is 0. The second kappa shape index (κ2) is 3.57. The lowest BCUT2D eigenvalue weighted by molar-refractivity contribution is -0.116. The normalized spacial score (nSPS) is 17.0. The van der Waals surface area contributed by atoms with Gasteiger partial charge in [0.2, 0.25) is 5.78 Å². The van der Waals surface area contributed by atoms with Crippen LogP contribution in [-0.2, 0) is 4.79 Å². The number of ketones is 1. The Labute approximate surface area is 68.2 Å². The van der Waals surface area contributed by atoms with Crippen LogP contribution in [0.5, 0.6) is 0 Å². The predicted octanol–water partition coefficient (Wildman–Crippen LogP) is 2.02. The lowest BCUT2D eigenvalue weighted by Crippen LogP contribution is -2.09. The highest BCUT2D eigenvalue weighted by Gasteiger charge is 2.14. The third-order valence-corrected chi connectivity index (χ3v) is 2.03. The number of hydrogen-bond donors (Lipinski definition) is 0. The van der Waals surface area contributed by atoms with Crippen molar-refractivity contribution in [3.05, 3.63) is 0 Å². The largest absolute Gasteiger partial charge is 0.285 e. The minimum Gasteiger partial charge on any atom is -0.285 e. The number of Topliss-reactive ketones (excluding diaryl/α,β-unsaturated/α-hetero) is 1. The van der Waals surface area contributed by atoms with Gasteiger partial charge < -0.3 is 0 Å². The topological polar surface area (TPSA) is 17.1 Å². The van der Waals surface area contributed by atoms with Gasteiger partial charge in [0, 0.05) is 11.8 Å². The Morgan fingerprint density at radius 3 is 2.45 bits per heavy atom. The van der Waals surface area contributed by atoms with Crippen LogP contribution in [0, 0.1) is 23.7 Å². The number of rotatable bonds is 1. The summed E-state index contributed by atoms with van der Waals surface area (Å²) in [4.78, 5) is 11.0. The van der Waals surface area contributed by atoms with E-state index in [1.54, 1.807) is 0 Å². The van der Waals surface area contributed by atoms with Crippen LogP contribution in [0.25, 0.3) is 0 Å². The van der Waals surface area contributed by atoms with Crippen LogP contribution in [0.3, 0.4) is 0 Å². The van der Waals surface area contributed by atoms with Crippen LogP contribution in [0.4, 0.5) is 0 Å². The van der Waals surface area contributed by atoms with E-state index < -0.39 is 0 Å². The van der Waals surface area contributed by atoms with Gasteiger partial charge >= 0.3 is 0 Å². The standard InChI is InChI=1S/C10H14O/c1-8(2)10(11)7-6-9-4-3-5-9/h8-9H,3-5H2,1-2H3. The van der Waals surface area contributed by atoms with Crippen molar-refractivity contribution in [2.75, 3.05) is 0 Å². The van der Waals surface area contributed by atoms with E-state index in [2.05, 4.69) is 11.8 Å². The van der Waals surface area contributed by atoms with Gasteiger partial charge in [0.1, 0.15) is 0 Å². The predicted molar refractivity (Wildman–Crippen MR) is 45.0 cm³/mol. The Morgan fingerprint density at radius 2 is 2.09 bits per heavy atom. The van der Waals surface area contributed by atoms with Gasteiger partial charge in [-0.15, -0.1) is 0 Å². The highest BCUT2D eigenvalue weighted by molar-refractivity contribution is 5.96.